The average Bonchev–Trinajstić information content (AvgIpc) is 2.40. The minimum atomic E-state index is 0.323. The molecule has 0 N–H and O–H groups in total. The van der Waals surface area contributed by atoms with E-state index in [0.29, 0.717) is 12.3 Å². The molecule has 5 heteroatoms. The second-order valence-electron chi connectivity index (χ2n) is 4.96. The summed E-state index contributed by atoms with van der Waals surface area (Å²) in [5.74, 6) is 0. The van der Waals surface area contributed by atoms with Crippen LogP contribution in [0.5, 0.6) is 0 Å². The standard InChI is InChI=1S/C13H26N2O3/c1-3-16-11-13(14-4-7-17-8-5-14)15-6-9-18-12(2)10-15/h12-13H,3-11H2,1-2H3. The highest BCUT2D eigenvalue weighted by Gasteiger charge is 2.29. The molecule has 2 aliphatic rings. The fourth-order valence-corrected chi connectivity index (χ4v) is 2.66. The van der Waals surface area contributed by atoms with Crippen molar-refractivity contribution in [1.82, 2.24) is 9.80 Å². The summed E-state index contributed by atoms with van der Waals surface area (Å²) in [6.45, 7) is 12.3. The highest BCUT2D eigenvalue weighted by Crippen LogP contribution is 2.14. The first-order valence-corrected chi connectivity index (χ1v) is 7.06. The quantitative estimate of drug-likeness (QED) is 0.713. The molecule has 2 fully saturated rings. The van der Waals surface area contributed by atoms with E-state index in [1.165, 1.54) is 0 Å². The Labute approximate surface area is 110 Å². The largest absolute Gasteiger partial charge is 0.379 e. The second kappa shape index (κ2) is 7.40. The minimum absolute atomic E-state index is 0.323. The van der Waals surface area contributed by atoms with E-state index in [-0.39, 0.29) is 0 Å². The molecule has 0 aromatic rings. The summed E-state index contributed by atoms with van der Waals surface area (Å²) in [4.78, 5) is 4.98. The molecule has 106 valence electrons. The SMILES string of the molecule is CCOCC(N1CCOCC1)N1CCOC(C)C1. The van der Waals surface area contributed by atoms with Crippen LogP contribution in [0.15, 0.2) is 0 Å². The van der Waals surface area contributed by atoms with Crippen LogP contribution in [0, 0.1) is 0 Å². The Balaban J connectivity index is 1.93. The summed E-state index contributed by atoms with van der Waals surface area (Å²) in [5.41, 5.74) is 0. The van der Waals surface area contributed by atoms with Crippen molar-refractivity contribution in [1.29, 1.82) is 0 Å². The van der Waals surface area contributed by atoms with Gasteiger partial charge in [-0.1, -0.05) is 0 Å². The van der Waals surface area contributed by atoms with Crippen LogP contribution in [0.1, 0.15) is 13.8 Å². The number of hydrogen-bond acceptors (Lipinski definition) is 5. The summed E-state index contributed by atoms with van der Waals surface area (Å²) in [5, 5.41) is 0. The van der Waals surface area contributed by atoms with E-state index in [9.17, 15) is 0 Å². The van der Waals surface area contributed by atoms with Gasteiger partial charge in [0.05, 0.1) is 38.7 Å². The summed E-state index contributed by atoms with van der Waals surface area (Å²) < 4.78 is 16.7. The molecule has 0 aliphatic carbocycles. The minimum Gasteiger partial charge on any atom is -0.379 e. The van der Waals surface area contributed by atoms with Crippen molar-refractivity contribution in [3.8, 4) is 0 Å². The maximum atomic E-state index is 5.67. The van der Waals surface area contributed by atoms with E-state index in [2.05, 4.69) is 23.6 Å². The number of rotatable bonds is 5. The monoisotopic (exact) mass is 258 g/mol. The van der Waals surface area contributed by atoms with E-state index >= 15 is 0 Å². The predicted octanol–water partition coefficient (Wildman–Crippen LogP) is 0.402. The molecular formula is C13H26N2O3. The van der Waals surface area contributed by atoms with Crippen LogP contribution < -0.4 is 0 Å². The van der Waals surface area contributed by atoms with E-state index in [1.807, 2.05) is 0 Å². The Morgan fingerprint density at radius 1 is 1.17 bits per heavy atom. The first kappa shape index (κ1) is 14.2. The van der Waals surface area contributed by atoms with Crippen LogP contribution in [-0.4, -0.2) is 81.3 Å². The Bertz CT molecular complexity index is 234. The molecule has 0 aromatic heterocycles. The van der Waals surface area contributed by atoms with Gasteiger partial charge in [-0.05, 0) is 13.8 Å². The van der Waals surface area contributed by atoms with Gasteiger partial charge >= 0.3 is 0 Å². The zero-order valence-corrected chi connectivity index (χ0v) is 11.6. The number of morpholine rings is 2. The van der Waals surface area contributed by atoms with Gasteiger partial charge in [0.25, 0.3) is 0 Å². The number of hydrogen-bond donors (Lipinski definition) is 0. The van der Waals surface area contributed by atoms with Crippen molar-refractivity contribution >= 4 is 0 Å². The lowest BCUT2D eigenvalue weighted by Crippen LogP contribution is -2.58. The van der Waals surface area contributed by atoms with Crippen LogP contribution in [0.3, 0.4) is 0 Å². The van der Waals surface area contributed by atoms with Gasteiger partial charge in [0.1, 0.15) is 0 Å². The lowest BCUT2D eigenvalue weighted by Gasteiger charge is -2.43. The first-order chi connectivity index (χ1) is 8.81. The van der Waals surface area contributed by atoms with Crippen LogP contribution in [0.25, 0.3) is 0 Å². The van der Waals surface area contributed by atoms with Gasteiger partial charge < -0.3 is 14.2 Å². The van der Waals surface area contributed by atoms with Gasteiger partial charge in [0, 0.05) is 32.8 Å². The topological polar surface area (TPSA) is 34.2 Å². The van der Waals surface area contributed by atoms with E-state index < -0.39 is 0 Å². The molecule has 0 aromatic carbocycles. The van der Waals surface area contributed by atoms with Crippen molar-refractivity contribution in [2.75, 3.05) is 59.2 Å². The predicted molar refractivity (Wildman–Crippen MR) is 69.7 cm³/mol. The zero-order valence-electron chi connectivity index (χ0n) is 11.6. The van der Waals surface area contributed by atoms with Crippen molar-refractivity contribution in [3.63, 3.8) is 0 Å². The summed E-state index contributed by atoms with van der Waals surface area (Å²) >= 11 is 0. The van der Waals surface area contributed by atoms with E-state index in [0.717, 1.165) is 59.2 Å². The van der Waals surface area contributed by atoms with Crippen LogP contribution >= 0.6 is 0 Å². The van der Waals surface area contributed by atoms with Crippen LogP contribution in [0.4, 0.5) is 0 Å². The number of nitrogens with zero attached hydrogens (tertiary/aromatic N) is 2. The first-order valence-electron chi connectivity index (χ1n) is 7.06. The van der Waals surface area contributed by atoms with Gasteiger partial charge in [-0.15, -0.1) is 0 Å². The molecule has 2 rings (SSSR count). The molecule has 0 radical (unpaired) electrons. The summed E-state index contributed by atoms with van der Waals surface area (Å²) in [7, 11) is 0. The van der Waals surface area contributed by atoms with E-state index in [1.54, 1.807) is 0 Å². The lowest BCUT2D eigenvalue weighted by molar-refractivity contribution is -0.108. The van der Waals surface area contributed by atoms with Crippen LogP contribution in [0.2, 0.25) is 0 Å². The van der Waals surface area contributed by atoms with Crippen LogP contribution in [-0.2, 0) is 14.2 Å². The maximum Gasteiger partial charge on any atom is 0.0867 e. The summed E-state index contributed by atoms with van der Waals surface area (Å²) in [6.07, 6.45) is 0.698. The molecular weight excluding hydrogens is 232 g/mol. The highest BCUT2D eigenvalue weighted by molar-refractivity contribution is 4.79. The van der Waals surface area contributed by atoms with Gasteiger partial charge in [0.15, 0.2) is 0 Å². The fraction of sp³-hybridized carbons (Fsp3) is 1.00. The fourth-order valence-electron chi connectivity index (χ4n) is 2.66. The van der Waals surface area contributed by atoms with Gasteiger partial charge in [-0.25, -0.2) is 0 Å². The molecule has 0 spiro atoms. The Kier molecular flexibility index (Phi) is 5.85. The Hall–Kier alpha value is -0.200. The third-order valence-corrected chi connectivity index (χ3v) is 3.63. The molecule has 0 amide bonds. The van der Waals surface area contributed by atoms with Gasteiger partial charge in [-0.3, -0.25) is 9.80 Å². The third kappa shape index (κ3) is 3.90. The molecule has 5 nitrogen and oxygen atoms in total. The molecule has 2 saturated heterocycles. The number of ether oxygens (including phenoxy) is 3. The smallest absolute Gasteiger partial charge is 0.0867 e. The van der Waals surface area contributed by atoms with Gasteiger partial charge in [0.2, 0.25) is 0 Å². The maximum absolute atomic E-state index is 5.67. The normalized spacial score (nSPS) is 29.3. The van der Waals surface area contributed by atoms with Crippen molar-refractivity contribution in [2.24, 2.45) is 0 Å². The van der Waals surface area contributed by atoms with Crippen molar-refractivity contribution < 1.29 is 14.2 Å². The lowest BCUT2D eigenvalue weighted by atomic mass is 10.2. The molecule has 0 bridgehead atoms. The van der Waals surface area contributed by atoms with E-state index in [4.69, 9.17) is 14.2 Å². The third-order valence-electron chi connectivity index (χ3n) is 3.63. The van der Waals surface area contributed by atoms with Crippen molar-refractivity contribution in [2.45, 2.75) is 26.1 Å². The molecule has 0 saturated carbocycles. The summed E-state index contributed by atoms with van der Waals surface area (Å²) in [6, 6.07) is 0. The molecule has 18 heavy (non-hydrogen) atoms. The molecule has 2 atom stereocenters. The van der Waals surface area contributed by atoms with Crippen molar-refractivity contribution in [3.05, 3.63) is 0 Å². The second-order valence-corrected chi connectivity index (χ2v) is 4.96. The van der Waals surface area contributed by atoms with Gasteiger partial charge in [-0.2, -0.15) is 0 Å². The molecule has 2 aliphatic heterocycles. The zero-order chi connectivity index (χ0) is 12.8. The molecule has 2 heterocycles. The average molecular weight is 258 g/mol. The Morgan fingerprint density at radius 3 is 2.56 bits per heavy atom. The highest BCUT2D eigenvalue weighted by atomic mass is 16.5. The Morgan fingerprint density at radius 2 is 1.89 bits per heavy atom. The molecule has 2 unspecified atom stereocenters.